The number of hydrogen-bond donors (Lipinski definition) is 1. The molecule has 0 fully saturated rings. The summed E-state index contributed by atoms with van der Waals surface area (Å²) in [6, 6.07) is 9.95. The molecule has 2 aromatic carbocycles. The Hall–Kier alpha value is -2.58. The lowest BCUT2D eigenvalue weighted by Crippen LogP contribution is -2.32. The number of hydrogen-bond acceptors (Lipinski definition) is 5. The van der Waals surface area contributed by atoms with E-state index < -0.39 is 16.0 Å². The number of nitrogens with one attached hydrogen (secondary N) is 1. The molecule has 0 saturated heterocycles. The largest absolute Gasteiger partial charge is 0.462 e. The zero-order valence-corrected chi connectivity index (χ0v) is 19.6. The van der Waals surface area contributed by atoms with Gasteiger partial charge in [-0.05, 0) is 68.7 Å². The second kappa shape index (κ2) is 10.6. The minimum absolute atomic E-state index is 0.130. The normalized spacial score (nSPS) is 11.1. The molecule has 0 unspecified atom stereocenters. The number of anilines is 2. The van der Waals surface area contributed by atoms with Gasteiger partial charge in [0.15, 0.2) is 0 Å². The molecule has 2 rings (SSSR count). The first-order chi connectivity index (χ1) is 14.5. The van der Waals surface area contributed by atoms with E-state index in [0.29, 0.717) is 28.4 Å². The first-order valence-corrected chi connectivity index (χ1v) is 12.1. The Bertz CT molecular complexity index is 1070. The number of rotatable bonds is 9. The van der Waals surface area contributed by atoms with Crippen molar-refractivity contribution >= 4 is 44.9 Å². The van der Waals surface area contributed by atoms with E-state index in [1.807, 2.05) is 0 Å². The fourth-order valence-corrected chi connectivity index (χ4v) is 4.24. The second-order valence-corrected chi connectivity index (χ2v) is 9.51. The van der Waals surface area contributed by atoms with Crippen molar-refractivity contribution in [3.05, 3.63) is 58.1 Å². The van der Waals surface area contributed by atoms with Gasteiger partial charge >= 0.3 is 5.97 Å². The third-order valence-electron chi connectivity index (χ3n) is 4.62. The Labute approximate surface area is 188 Å². The van der Waals surface area contributed by atoms with Crippen molar-refractivity contribution in [1.82, 2.24) is 0 Å². The predicted octanol–water partition coefficient (Wildman–Crippen LogP) is 4.32. The number of carbonyl (C=O) groups excluding carboxylic acids is 2. The van der Waals surface area contributed by atoms with Crippen LogP contribution in [0.2, 0.25) is 5.02 Å². The number of ether oxygens (including phenoxy) is 1. The van der Waals surface area contributed by atoms with E-state index in [-0.39, 0.29) is 25.5 Å². The smallest absolute Gasteiger partial charge is 0.338 e. The van der Waals surface area contributed by atoms with Crippen LogP contribution in [0.1, 0.15) is 41.3 Å². The Kier molecular flexibility index (Phi) is 8.47. The van der Waals surface area contributed by atoms with Crippen LogP contribution in [-0.2, 0) is 19.6 Å². The molecule has 0 radical (unpaired) electrons. The molecule has 2 aromatic rings. The maximum Gasteiger partial charge on any atom is 0.338 e. The quantitative estimate of drug-likeness (QED) is 0.555. The fourth-order valence-electron chi connectivity index (χ4n) is 3.06. The van der Waals surface area contributed by atoms with Gasteiger partial charge in [-0.3, -0.25) is 9.10 Å². The van der Waals surface area contributed by atoms with Crippen LogP contribution < -0.4 is 9.62 Å². The molecule has 0 aromatic heterocycles. The van der Waals surface area contributed by atoms with Crippen LogP contribution in [0.4, 0.5) is 11.4 Å². The first kappa shape index (κ1) is 24.7. The summed E-state index contributed by atoms with van der Waals surface area (Å²) in [4.78, 5) is 24.2. The summed E-state index contributed by atoms with van der Waals surface area (Å²) in [5.74, 6) is -0.663. The molecule has 0 spiro atoms. The topological polar surface area (TPSA) is 92.8 Å². The van der Waals surface area contributed by atoms with Gasteiger partial charge in [0, 0.05) is 23.7 Å². The van der Waals surface area contributed by atoms with Crippen molar-refractivity contribution in [2.45, 2.75) is 33.6 Å². The number of halogens is 1. The van der Waals surface area contributed by atoms with Crippen molar-refractivity contribution in [2.75, 3.05) is 29.0 Å². The zero-order valence-electron chi connectivity index (χ0n) is 18.1. The lowest BCUT2D eigenvalue weighted by molar-refractivity contribution is -0.116. The molecule has 31 heavy (non-hydrogen) atoms. The summed E-state index contributed by atoms with van der Waals surface area (Å²) in [7, 11) is -3.54. The Balaban J connectivity index is 2.01. The maximum atomic E-state index is 12.4. The maximum absolute atomic E-state index is 12.4. The Morgan fingerprint density at radius 2 is 1.81 bits per heavy atom. The summed E-state index contributed by atoms with van der Waals surface area (Å²) in [6.07, 6.45) is 1.58. The molecule has 0 heterocycles. The van der Waals surface area contributed by atoms with Gasteiger partial charge in [0.05, 0.1) is 24.1 Å². The van der Waals surface area contributed by atoms with Crippen LogP contribution in [0.25, 0.3) is 0 Å². The van der Waals surface area contributed by atoms with E-state index in [9.17, 15) is 18.0 Å². The molecular formula is C22H27ClN2O5S. The van der Waals surface area contributed by atoms with Crippen LogP contribution in [0, 0.1) is 13.8 Å². The lowest BCUT2D eigenvalue weighted by atomic mass is 10.1. The number of aryl methyl sites for hydroxylation is 2. The summed E-state index contributed by atoms with van der Waals surface area (Å²) < 4.78 is 30.8. The Morgan fingerprint density at radius 3 is 2.42 bits per heavy atom. The molecule has 0 bridgehead atoms. The van der Waals surface area contributed by atoms with Gasteiger partial charge in [-0.15, -0.1) is 0 Å². The number of carbonyl (C=O) groups is 2. The lowest BCUT2D eigenvalue weighted by Gasteiger charge is -2.24. The van der Waals surface area contributed by atoms with Gasteiger partial charge in [-0.2, -0.15) is 0 Å². The van der Waals surface area contributed by atoms with E-state index in [2.05, 4.69) is 5.32 Å². The molecule has 168 valence electrons. The average molecular weight is 467 g/mol. The SMILES string of the molecule is CCOC(=O)c1ccc(NC(=O)CCCN(c2cc(Cl)ccc2C)S(C)(=O)=O)c(C)c1. The monoisotopic (exact) mass is 466 g/mol. The van der Waals surface area contributed by atoms with Gasteiger partial charge in [-0.25, -0.2) is 13.2 Å². The van der Waals surface area contributed by atoms with Crippen LogP contribution in [0.15, 0.2) is 36.4 Å². The minimum Gasteiger partial charge on any atom is -0.462 e. The number of amides is 1. The van der Waals surface area contributed by atoms with Gasteiger partial charge < -0.3 is 10.1 Å². The molecular weight excluding hydrogens is 440 g/mol. The highest BCUT2D eigenvalue weighted by Crippen LogP contribution is 2.26. The van der Waals surface area contributed by atoms with Crippen LogP contribution in [0.3, 0.4) is 0 Å². The van der Waals surface area contributed by atoms with Crippen LogP contribution >= 0.6 is 11.6 Å². The number of nitrogens with zero attached hydrogens (tertiary/aromatic N) is 1. The standard InChI is InChI=1S/C22H27ClN2O5S/c1-5-30-22(27)17-9-11-19(16(3)13-17)24-21(26)7-6-12-25(31(4,28)29)20-14-18(23)10-8-15(20)2/h8-11,13-14H,5-7,12H2,1-4H3,(H,24,26). The van der Waals surface area contributed by atoms with E-state index in [0.717, 1.165) is 17.4 Å². The average Bonchev–Trinajstić information content (AvgIpc) is 2.68. The van der Waals surface area contributed by atoms with E-state index >= 15 is 0 Å². The highest BCUT2D eigenvalue weighted by atomic mass is 35.5. The van der Waals surface area contributed by atoms with Crippen molar-refractivity contribution < 1.29 is 22.7 Å². The van der Waals surface area contributed by atoms with Crippen molar-refractivity contribution in [3.8, 4) is 0 Å². The molecule has 1 amide bonds. The molecule has 0 aliphatic heterocycles. The molecule has 0 aliphatic carbocycles. The predicted molar refractivity (Wildman–Crippen MR) is 123 cm³/mol. The van der Waals surface area contributed by atoms with Crippen LogP contribution in [-0.4, -0.2) is 39.7 Å². The van der Waals surface area contributed by atoms with E-state index in [1.54, 1.807) is 57.2 Å². The summed E-state index contributed by atoms with van der Waals surface area (Å²) >= 11 is 6.03. The second-order valence-electron chi connectivity index (χ2n) is 7.17. The number of esters is 1. The van der Waals surface area contributed by atoms with E-state index in [1.165, 1.54) is 4.31 Å². The molecule has 9 heteroatoms. The third-order valence-corrected chi connectivity index (χ3v) is 6.03. The summed E-state index contributed by atoms with van der Waals surface area (Å²) in [6.45, 7) is 5.76. The van der Waals surface area contributed by atoms with Gasteiger partial charge in [0.25, 0.3) is 0 Å². The highest BCUT2D eigenvalue weighted by molar-refractivity contribution is 7.92. The fraction of sp³-hybridized carbons (Fsp3) is 0.364. The van der Waals surface area contributed by atoms with E-state index in [4.69, 9.17) is 16.3 Å². The van der Waals surface area contributed by atoms with Crippen molar-refractivity contribution in [2.24, 2.45) is 0 Å². The third kappa shape index (κ3) is 6.97. The molecule has 1 N–H and O–H groups in total. The number of sulfonamides is 1. The molecule has 7 nitrogen and oxygen atoms in total. The van der Waals surface area contributed by atoms with Gasteiger partial charge in [0.2, 0.25) is 15.9 Å². The van der Waals surface area contributed by atoms with Crippen LogP contribution in [0.5, 0.6) is 0 Å². The number of benzene rings is 2. The Morgan fingerprint density at radius 1 is 1.10 bits per heavy atom. The zero-order chi connectivity index (χ0) is 23.2. The molecule has 0 aliphatic rings. The summed E-state index contributed by atoms with van der Waals surface area (Å²) in [5.41, 5.74) is 3.00. The molecule has 0 atom stereocenters. The highest BCUT2D eigenvalue weighted by Gasteiger charge is 2.20. The van der Waals surface area contributed by atoms with Gasteiger partial charge in [0.1, 0.15) is 0 Å². The molecule has 0 saturated carbocycles. The summed E-state index contributed by atoms with van der Waals surface area (Å²) in [5, 5.41) is 3.24. The van der Waals surface area contributed by atoms with Crippen molar-refractivity contribution in [1.29, 1.82) is 0 Å². The van der Waals surface area contributed by atoms with Crippen molar-refractivity contribution in [3.63, 3.8) is 0 Å². The first-order valence-electron chi connectivity index (χ1n) is 9.84. The van der Waals surface area contributed by atoms with Gasteiger partial charge in [-0.1, -0.05) is 17.7 Å². The minimum atomic E-state index is -3.54.